The van der Waals surface area contributed by atoms with E-state index in [1.165, 1.54) is 38.4 Å². The zero-order chi connectivity index (χ0) is 17.5. The Morgan fingerprint density at radius 1 is 1.08 bits per heavy atom. The van der Waals surface area contributed by atoms with Gasteiger partial charge in [-0.05, 0) is 36.0 Å². The normalized spacial score (nSPS) is 28.1. The monoisotopic (exact) mass is 348 g/mol. The van der Waals surface area contributed by atoms with Crippen LogP contribution >= 0.6 is 0 Å². The molecule has 0 aromatic heterocycles. The Labute approximate surface area is 145 Å². The van der Waals surface area contributed by atoms with Crippen LogP contribution in [0.4, 0.5) is 0 Å². The summed E-state index contributed by atoms with van der Waals surface area (Å²) in [5.74, 6) is 1.42. The summed E-state index contributed by atoms with van der Waals surface area (Å²) in [5.41, 5.74) is 0.649. The molecule has 0 radical (unpaired) electrons. The van der Waals surface area contributed by atoms with Crippen molar-refractivity contribution in [3.63, 3.8) is 0 Å². The van der Waals surface area contributed by atoms with Gasteiger partial charge in [0.25, 0.3) is 0 Å². The smallest absolute Gasteiger partial charge is 0.175 e. The van der Waals surface area contributed by atoms with Crippen molar-refractivity contribution in [1.82, 2.24) is 0 Å². The van der Waals surface area contributed by atoms with Crippen LogP contribution in [-0.2, 0) is 20.0 Å². The second kappa shape index (κ2) is 6.29. The first-order valence-electron chi connectivity index (χ1n) is 9.11. The number of carbonyl (C=O) groups is 1. The lowest BCUT2D eigenvalue weighted by Gasteiger charge is -2.26. The molecule has 0 bridgehead atoms. The highest BCUT2D eigenvalue weighted by Crippen LogP contribution is 2.61. The Morgan fingerprint density at radius 2 is 1.67 bits per heavy atom. The SMILES string of the molecule is CC(C)C(=O)[C@]1(c2ccc(S(C)(=O)=O)cc2)C[C@H]1C1CCCCC1. The van der Waals surface area contributed by atoms with E-state index in [2.05, 4.69) is 0 Å². The number of ketones is 1. The topological polar surface area (TPSA) is 51.2 Å². The summed E-state index contributed by atoms with van der Waals surface area (Å²) in [7, 11) is -3.20. The van der Waals surface area contributed by atoms with Crippen LogP contribution in [0.1, 0.15) is 57.9 Å². The molecular formula is C20H28O3S. The van der Waals surface area contributed by atoms with Gasteiger partial charge < -0.3 is 0 Å². The average Bonchev–Trinajstić information content (AvgIpc) is 3.31. The summed E-state index contributed by atoms with van der Waals surface area (Å²) < 4.78 is 23.4. The molecule has 0 spiro atoms. The Hall–Kier alpha value is -1.16. The number of benzene rings is 1. The molecule has 0 saturated heterocycles. The zero-order valence-electron chi connectivity index (χ0n) is 14.9. The molecule has 132 valence electrons. The van der Waals surface area contributed by atoms with E-state index >= 15 is 0 Å². The second-order valence-corrected chi connectivity index (χ2v) is 10.0. The van der Waals surface area contributed by atoms with Gasteiger partial charge in [0.2, 0.25) is 0 Å². The van der Waals surface area contributed by atoms with Gasteiger partial charge in [0, 0.05) is 12.2 Å². The number of carbonyl (C=O) groups excluding carboxylic acids is 1. The quantitative estimate of drug-likeness (QED) is 0.803. The molecule has 2 aliphatic rings. The fraction of sp³-hybridized carbons (Fsp3) is 0.650. The molecule has 2 saturated carbocycles. The van der Waals surface area contributed by atoms with E-state index in [1.54, 1.807) is 12.1 Å². The molecule has 3 rings (SSSR count). The summed E-state index contributed by atoms with van der Waals surface area (Å²) in [6.07, 6.45) is 8.50. The Balaban J connectivity index is 1.93. The van der Waals surface area contributed by atoms with Crippen molar-refractivity contribution in [2.24, 2.45) is 17.8 Å². The summed E-state index contributed by atoms with van der Waals surface area (Å²) in [4.78, 5) is 13.4. The highest BCUT2D eigenvalue weighted by atomic mass is 32.2. The van der Waals surface area contributed by atoms with Gasteiger partial charge in [-0.1, -0.05) is 58.1 Å². The largest absolute Gasteiger partial charge is 0.298 e. The molecule has 0 amide bonds. The minimum atomic E-state index is -3.20. The highest BCUT2D eigenvalue weighted by Gasteiger charge is 2.62. The molecule has 3 nitrogen and oxygen atoms in total. The fourth-order valence-electron chi connectivity index (χ4n) is 4.67. The maximum atomic E-state index is 13.0. The van der Waals surface area contributed by atoms with Crippen LogP contribution in [0, 0.1) is 17.8 Å². The maximum Gasteiger partial charge on any atom is 0.175 e. The van der Waals surface area contributed by atoms with Gasteiger partial charge in [-0.15, -0.1) is 0 Å². The number of Topliss-reactive ketones (excluding diaryl/α,β-unsaturated/α-hetero) is 1. The first kappa shape index (κ1) is 17.7. The Kier molecular flexibility index (Phi) is 4.63. The first-order valence-corrected chi connectivity index (χ1v) is 11.0. The van der Waals surface area contributed by atoms with E-state index in [0.717, 1.165) is 12.0 Å². The van der Waals surface area contributed by atoms with E-state index < -0.39 is 9.84 Å². The van der Waals surface area contributed by atoms with E-state index in [1.807, 2.05) is 26.0 Å². The zero-order valence-corrected chi connectivity index (χ0v) is 15.7. The van der Waals surface area contributed by atoms with Crippen molar-refractivity contribution < 1.29 is 13.2 Å². The van der Waals surface area contributed by atoms with Crippen LogP contribution in [0.25, 0.3) is 0 Å². The van der Waals surface area contributed by atoms with Gasteiger partial charge in [0.1, 0.15) is 5.78 Å². The average molecular weight is 349 g/mol. The first-order chi connectivity index (χ1) is 11.3. The van der Waals surface area contributed by atoms with Crippen molar-refractivity contribution in [3.05, 3.63) is 29.8 Å². The minimum absolute atomic E-state index is 0.00757. The van der Waals surface area contributed by atoms with Gasteiger partial charge in [0.15, 0.2) is 9.84 Å². The predicted molar refractivity (Wildman–Crippen MR) is 95.8 cm³/mol. The van der Waals surface area contributed by atoms with E-state index in [9.17, 15) is 13.2 Å². The lowest BCUT2D eigenvalue weighted by molar-refractivity contribution is -0.125. The molecule has 4 heteroatoms. The number of sulfone groups is 1. The molecule has 0 heterocycles. The fourth-order valence-corrected chi connectivity index (χ4v) is 5.30. The second-order valence-electron chi connectivity index (χ2n) is 8.00. The van der Waals surface area contributed by atoms with Crippen molar-refractivity contribution in [2.45, 2.75) is 62.7 Å². The van der Waals surface area contributed by atoms with E-state index in [-0.39, 0.29) is 11.3 Å². The lowest BCUT2D eigenvalue weighted by atomic mass is 9.77. The Bertz CT molecular complexity index is 712. The van der Waals surface area contributed by atoms with Gasteiger partial charge in [0.05, 0.1) is 10.3 Å². The summed E-state index contributed by atoms with van der Waals surface area (Å²) in [6, 6.07) is 7.07. The third-order valence-corrected chi connectivity index (χ3v) is 7.12. The van der Waals surface area contributed by atoms with Crippen LogP contribution in [-0.4, -0.2) is 20.5 Å². The molecule has 2 aliphatic carbocycles. The number of rotatable bonds is 5. The minimum Gasteiger partial charge on any atom is -0.298 e. The molecule has 0 N–H and O–H groups in total. The summed E-state index contributed by atoms with van der Waals surface area (Å²) in [5, 5.41) is 0. The van der Waals surface area contributed by atoms with Crippen LogP contribution in [0.5, 0.6) is 0 Å². The third-order valence-electron chi connectivity index (χ3n) is 6.00. The van der Waals surface area contributed by atoms with Gasteiger partial charge in [-0.25, -0.2) is 8.42 Å². The third kappa shape index (κ3) is 3.05. The van der Waals surface area contributed by atoms with Gasteiger partial charge >= 0.3 is 0 Å². The van der Waals surface area contributed by atoms with Gasteiger partial charge in [-0.3, -0.25) is 4.79 Å². The molecule has 2 atom stereocenters. The highest BCUT2D eigenvalue weighted by molar-refractivity contribution is 7.90. The van der Waals surface area contributed by atoms with Crippen LogP contribution < -0.4 is 0 Å². The molecule has 0 aliphatic heterocycles. The van der Waals surface area contributed by atoms with Crippen molar-refractivity contribution in [2.75, 3.05) is 6.26 Å². The molecular weight excluding hydrogens is 320 g/mol. The van der Waals surface area contributed by atoms with Crippen LogP contribution in [0.2, 0.25) is 0 Å². The Morgan fingerprint density at radius 3 is 2.17 bits per heavy atom. The maximum absolute atomic E-state index is 13.0. The van der Waals surface area contributed by atoms with Crippen LogP contribution in [0.3, 0.4) is 0 Å². The van der Waals surface area contributed by atoms with E-state index in [0.29, 0.717) is 22.5 Å². The summed E-state index contributed by atoms with van der Waals surface area (Å²) in [6.45, 7) is 3.95. The van der Waals surface area contributed by atoms with E-state index in [4.69, 9.17) is 0 Å². The lowest BCUT2D eigenvalue weighted by Crippen LogP contribution is -2.30. The molecule has 1 aromatic rings. The molecule has 24 heavy (non-hydrogen) atoms. The summed E-state index contributed by atoms with van der Waals surface area (Å²) >= 11 is 0. The number of hydrogen-bond donors (Lipinski definition) is 0. The predicted octanol–water partition coefficient (Wildman–Crippen LogP) is 4.15. The van der Waals surface area contributed by atoms with Crippen molar-refractivity contribution >= 4 is 15.6 Å². The standard InChI is InChI=1S/C20H28O3S/c1-14(2)19(21)20(13-18(20)15-7-5-4-6-8-15)16-9-11-17(12-10-16)24(3,22)23/h9-12,14-15,18H,4-8,13H2,1-3H3/t18-,20-/m0/s1. The van der Waals surface area contributed by atoms with Crippen molar-refractivity contribution in [1.29, 1.82) is 0 Å². The molecule has 2 fully saturated rings. The van der Waals surface area contributed by atoms with Crippen LogP contribution in [0.15, 0.2) is 29.2 Å². The molecule has 1 aromatic carbocycles. The van der Waals surface area contributed by atoms with Gasteiger partial charge in [-0.2, -0.15) is 0 Å². The van der Waals surface area contributed by atoms with Crippen molar-refractivity contribution in [3.8, 4) is 0 Å². The molecule has 0 unspecified atom stereocenters. The number of hydrogen-bond acceptors (Lipinski definition) is 3.